The number of nitrogens with one attached hydrogen (secondary N) is 1. The van der Waals surface area contributed by atoms with E-state index < -0.39 is 11.6 Å². The van der Waals surface area contributed by atoms with E-state index in [0.717, 1.165) is 10.5 Å². The summed E-state index contributed by atoms with van der Waals surface area (Å²) in [4.78, 5) is 40.2. The number of carbonyl (C=O) groups excluding carboxylic acids is 3. The molecular formula is C19H19ClN4O4. The molecule has 2 saturated heterocycles. The maximum absolute atomic E-state index is 13.2. The first-order valence-corrected chi connectivity index (χ1v) is 9.32. The first-order valence-electron chi connectivity index (χ1n) is 8.94. The molecule has 1 spiro atoms. The molecule has 28 heavy (non-hydrogen) atoms. The van der Waals surface area contributed by atoms with E-state index >= 15 is 0 Å². The van der Waals surface area contributed by atoms with Gasteiger partial charge in [0.1, 0.15) is 22.6 Å². The molecule has 146 valence electrons. The van der Waals surface area contributed by atoms with E-state index in [0.29, 0.717) is 48.0 Å². The largest absolute Gasteiger partial charge is 0.360 e. The van der Waals surface area contributed by atoms with Crippen LogP contribution in [0.2, 0.25) is 5.02 Å². The van der Waals surface area contributed by atoms with Crippen LogP contribution in [0.3, 0.4) is 0 Å². The Balaban J connectivity index is 1.56. The van der Waals surface area contributed by atoms with Gasteiger partial charge < -0.3 is 14.7 Å². The number of urea groups is 1. The first kappa shape index (κ1) is 18.5. The number of amides is 4. The first-order chi connectivity index (χ1) is 13.3. The zero-order chi connectivity index (χ0) is 20.1. The number of nitrogens with zero attached hydrogens (tertiary/aromatic N) is 3. The Morgan fingerprint density at radius 3 is 2.43 bits per heavy atom. The summed E-state index contributed by atoms with van der Waals surface area (Å²) in [5.41, 5.74) is 0.685. The third-order valence-electron chi connectivity index (χ3n) is 5.46. The van der Waals surface area contributed by atoms with Gasteiger partial charge in [0.15, 0.2) is 0 Å². The minimum atomic E-state index is -0.911. The Morgan fingerprint density at radius 2 is 1.86 bits per heavy atom. The van der Waals surface area contributed by atoms with Gasteiger partial charge >= 0.3 is 6.03 Å². The molecule has 0 unspecified atom stereocenters. The Morgan fingerprint density at radius 1 is 1.21 bits per heavy atom. The lowest BCUT2D eigenvalue weighted by Gasteiger charge is -2.37. The molecule has 0 atom stereocenters. The van der Waals surface area contributed by atoms with Crippen LogP contribution >= 0.6 is 11.6 Å². The lowest BCUT2D eigenvalue weighted by molar-refractivity contribution is -0.131. The molecular weight excluding hydrogens is 384 g/mol. The molecule has 1 aromatic carbocycles. The van der Waals surface area contributed by atoms with E-state index in [9.17, 15) is 14.4 Å². The molecule has 4 amide bonds. The van der Waals surface area contributed by atoms with Crippen molar-refractivity contribution in [3.8, 4) is 11.3 Å². The van der Waals surface area contributed by atoms with Crippen molar-refractivity contribution in [2.75, 3.05) is 20.1 Å². The summed E-state index contributed by atoms with van der Waals surface area (Å²) in [7, 11) is 1.46. The second-order valence-corrected chi connectivity index (χ2v) is 7.57. The molecule has 0 aliphatic carbocycles. The fourth-order valence-corrected chi connectivity index (χ4v) is 3.90. The Kier molecular flexibility index (Phi) is 4.38. The van der Waals surface area contributed by atoms with Crippen LogP contribution in [0.4, 0.5) is 4.79 Å². The molecule has 0 radical (unpaired) electrons. The van der Waals surface area contributed by atoms with Crippen molar-refractivity contribution in [1.29, 1.82) is 0 Å². The van der Waals surface area contributed by atoms with Gasteiger partial charge in [-0.1, -0.05) is 28.9 Å². The highest BCUT2D eigenvalue weighted by Gasteiger charge is 2.51. The summed E-state index contributed by atoms with van der Waals surface area (Å²) in [5, 5.41) is 7.41. The van der Waals surface area contributed by atoms with Crippen LogP contribution in [0.5, 0.6) is 0 Å². The van der Waals surface area contributed by atoms with Crippen molar-refractivity contribution in [3.05, 3.63) is 40.6 Å². The summed E-state index contributed by atoms with van der Waals surface area (Å²) < 4.78 is 5.28. The molecule has 9 heteroatoms. The fraction of sp³-hybridized carbons (Fsp3) is 0.368. The van der Waals surface area contributed by atoms with Gasteiger partial charge in [0.05, 0.1) is 0 Å². The predicted octanol–water partition coefficient (Wildman–Crippen LogP) is 2.46. The van der Waals surface area contributed by atoms with E-state index in [1.165, 1.54) is 7.05 Å². The van der Waals surface area contributed by atoms with Crippen molar-refractivity contribution in [1.82, 2.24) is 20.3 Å². The number of imide groups is 1. The van der Waals surface area contributed by atoms with Gasteiger partial charge in [0.2, 0.25) is 0 Å². The quantitative estimate of drug-likeness (QED) is 0.778. The van der Waals surface area contributed by atoms with Crippen LogP contribution in [-0.4, -0.2) is 58.5 Å². The van der Waals surface area contributed by atoms with Gasteiger partial charge in [-0.25, -0.2) is 4.79 Å². The number of hydrogen-bond acceptors (Lipinski definition) is 5. The highest BCUT2D eigenvalue weighted by atomic mass is 35.5. The molecule has 0 saturated carbocycles. The molecule has 0 bridgehead atoms. The van der Waals surface area contributed by atoms with Gasteiger partial charge in [-0.2, -0.15) is 0 Å². The number of benzene rings is 1. The SMILES string of the molecule is Cc1onc(-c2ccc(Cl)cc2)c1C(=O)N1CCC2(CC1)NC(=O)N(C)C2=O. The number of halogens is 1. The second kappa shape index (κ2) is 6.63. The van der Waals surface area contributed by atoms with Crippen LogP contribution in [0.1, 0.15) is 29.0 Å². The van der Waals surface area contributed by atoms with E-state index in [-0.39, 0.29) is 11.8 Å². The molecule has 1 N–H and O–H groups in total. The topological polar surface area (TPSA) is 95.8 Å². The fourth-order valence-electron chi connectivity index (χ4n) is 3.77. The van der Waals surface area contributed by atoms with E-state index in [2.05, 4.69) is 10.5 Å². The maximum atomic E-state index is 13.2. The third kappa shape index (κ3) is 2.84. The lowest BCUT2D eigenvalue weighted by Crippen LogP contribution is -2.55. The van der Waals surface area contributed by atoms with Crippen LogP contribution < -0.4 is 5.32 Å². The Labute approximate surface area is 166 Å². The smallest absolute Gasteiger partial charge is 0.324 e. The molecule has 2 fully saturated rings. The average Bonchev–Trinajstić information content (AvgIpc) is 3.16. The standard InChI is InChI=1S/C19H19ClN4O4/c1-11-14(15(22-28-11)12-3-5-13(20)6-4-12)16(25)24-9-7-19(8-10-24)17(26)23(2)18(27)21-19/h3-6H,7-10H2,1-2H3,(H,21,27). The molecule has 2 aliphatic heterocycles. The number of likely N-dealkylation sites (tertiary alicyclic amines) is 1. The van der Waals surface area contributed by atoms with Gasteiger partial charge in [-0.05, 0) is 31.9 Å². The number of carbonyl (C=O) groups is 3. The normalized spacial score (nSPS) is 18.7. The summed E-state index contributed by atoms with van der Waals surface area (Å²) in [6, 6.07) is 6.62. The summed E-state index contributed by atoms with van der Waals surface area (Å²) in [6.45, 7) is 2.40. The lowest BCUT2D eigenvalue weighted by atomic mass is 9.87. The van der Waals surface area contributed by atoms with Gasteiger partial charge in [0.25, 0.3) is 11.8 Å². The van der Waals surface area contributed by atoms with Crippen LogP contribution in [0.15, 0.2) is 28.8 Å². The second-order valence-electron chi connectivity index (χ2n) is 7.14. The van der Waals surface area contributed by atoms with E-state index in [1.54, 1.807) is 36.1 Å². The van der Waals surface area contributed by atoms with Crippen LogP contribution in [0.25, 0.3) is 11.3 Å². The number of rotatable bonds is 2. The number of hydrogen-bond donors (Lipinski definition) is 1. The monoisotopic (exact) mass is 402 g/mol. The Bertz CT molecular complexity index is 961. The summed E-state index contributed by atoms with van der Waals surface area (Å²) in [5.74, 6) is -0.0171. The minimum Gasteiger partial charge on any atom is -0.360 e. The zero-order valence-electron chi connectivity index (χ0n) is 15.5. The maximum Gasteiger partial charge on any atom is 0.324 e. The van der Waals surface area contributed by atoms with Crippen molar-refractivity contribution in [2.45, 2.75) is 25.3 Å². The molecule has 8 nitrogen and oxygen atoms in total. The van der Waals surface area contributed by atoms with Crippen molar-refractivity contribution >= 4 is 29.4 Å². The minimum absolute atomic E-state index is 0.205. The number of aryl methyl sites for hydroxylation is 1. The summed E-state index contributed by atoms with van der Waals surface area (Å²) in [6.07, 6.45) is 0.739. The molecule has 2 aliphatic rings. The summed E-state index contributed by atoms with van der Waals surface area (Å²) >= 11 is 5.94. The number of piperidine rings is 1. The van der Waals surface area contributed by atoms with Gasteiger partial charge in [-0.15, -0.1) is 0 Å². The predicted molar refractivity (Wildman–Crippen MR) is 101 cm³/mol. The van der Waals surface area contributed by atoms with Crippen molar-refractivity contribution in [3.63, 3.8) is 0 Å². The Hall–Kier alpha value is -2.87. The van der Waals surface area contributed by atoms with Gasteiger partial charge in [0, 0.05) is 30.7 Å². The molecule has 1 aromatic heterocycles. The highest BCUT2D eigenvalue weighted by molar-refractivity contribution is 6.30. The highest BCUT2D eigenvalue weighted by Crippen LogP contribution is 2.32. The van der Waals surface area contributed by atoms with Crippen LogP contribution in [0, 0.1) is 6.92 Å². The zero-order valence-corrected chi connectivity index (χ0v) is 16.2. The number of aromatic nitrogens is 1. The van der Waals surface area contributed by atoms with Crippen molar-refractivity contribution < 1.29 is 18.9 Å². The van der Waals surface area contributed by atoms with Crippen molar-refractivity contribution in [2.24, 2.45) is 0 Å². The molecule has 2 aromatic rings. The van der Waals surface area contributed by atoms with E-state index in [4.69, 9.17) is 16.1 Å². The molecule has 4 rings (SSSR count). The van der Waals surface area contributed by atoms with E-state index in [1.807, 2.05) is 0 Å². The number of likely N-dealkylation sites (N-methyl/N-ethyl adjacent to an activating group) is 1. The van der Waals surface area contributed by atoms with Gasteiger partial charge in [-0.3, -0.25) is 14.5 Å². The van der Waals surface area contributed by atoms with Crippen LogP contribution in [-0.2, 0) is 4.79 Å². The third-order valence-corrected chi connectivity index (χ3v) is 5.72. The average molecular weight is 403 g/mol. The molecule has 3 heterocycles.